The third kappa shape index (κ3) is 5.47. The molecule has 0 saturated carbocycles. The van der Waals surface area contributed by atoms with Crippen molar-refractivity contribution < 1.29 is 19.1 Å². The first-order valence-electron chi connectivity index (χ1n) is 10.4. The number of aryl methyl sites for hydroxylation is 2. The standard InChI is InChI=1S/C25H23NO4S/c27-22(19-8-7-17-4-1-2-5-18(17)16-19)13-14-24(28)30-21-11-9-20(10-12-21)26-25(29)23-6-3-15-31-23/h3,6-12,15-16H,1-2,4-5,13-14H2,(H,26,29). The number of hydrogen-bond donors (Lipinski definition) is 1. The van der Waals surface area contributed by atoms with Gasteiger partial charge in [-0.1, -0.05) is 18.2 Å². The number of Topliss-reactive ketones (excluding diaryl/α,β-unsaturated/α-hetero) is 1. The molecule has 0 aliphatic heterocycles. The van der Waals surface area contributed by atoms with Gasteiger partial charge in [-0.15, -0.1) is 11.3 Å². The van der Waals surface area contributed by atoms with E-state index in [1.807, 2.05) is 29.6 Å². The fourth-order valence-corrected chi connectivity index (χ4v) is 4.28. The van der Waals surface area contributed by atoms with Crippen molar-refractivity contribution in [1.82, 2.24) is 0 Å². The number of esters is 1. The second-order valence-electron chi connectivity index (χ2n) is 7.54. The fraction of sp³-hybridized carbons (Fsp3) is 0.240. The summed E-state index contributed by atoms with van der Waals surface area (Å²) >= 11 is 1.37. The van der Waals surface area contributed by atoms with Crippen LogP contribution in [-0.2, 0) is 17.6 Å². The Bertz CT molecular complexity index is 1090. The predicted molar refractivity (Wildman–Crippen MR) is 121 cm³/mol. The second kappa shape index (κ2) is 9.71. The van der Waals surface area contributed by atoms with Crippen molar-refractivity contribution in [2.75, 3.05) is 5.32 Å². The van der Waals surface area contributed by atoms with Crippen LogP contribution < -0.4 is 10.1 Å². The van der Waals surface area contributed by atoms with Gasteiger partial charge in [-0.25, -0.2) is 0 Å². The number of ether oxygens (including phenoxy) is 1. The molecule has 0 atom stereocenters. The summed E-state index contributed by atoms with van der Waals surface area (Å²) in [5.41, 5.74) is 3.86. The molecule has 2 aromatic carbocycles. The van der Waals surface area contributed by atoms with Crippen molar-refractivity contribution in [3.8, 4) is 5.75 Å². The molecule has 1 aliphatic rings. The Morgan fingerprint density at radius 3 is 2.42 bits per heavy atom. The smallest absolute Gasteiger partial charge is 0.311 e. The Labute approximate surface area is 185 Å². The molecule has 1 heterocycles. The van der Waals surface area contributed by atoms with Gasteiger partial charge >= 0.3 is 5.97 Å². The van der Waals surface area contributed by atoms with E-state index in [9.17, 15) is 14.4 Å². The molecule has 0 bridgehead atoms. The molecule has 5 nitrogen and oxygen atoms in total. The average molecular weight is 434 g/mol. The lowest BCUT2D eigenvalue weighted by atomic mass is 9.89. The van der Waals surface area contributed by atoms with Crippen molar-refractivity contribution in [2.45, 2.75) is 38.5 Å². The molecule has 1 amide bonds. The summed E-state index contributed by atoms with van der Waals surface area (Å²) in [7, 11) is 0. The highest BCUT2D eigenvalue weighted by Gasteiger charge is 2.15. The Morgan fingerprint density at radius 2 is 1.68 bits per heavy atom. The van der Waals surface area contributed by atoms with Crippen molar-refractivity contribution in [2.24, 2.45) is 0 Å². The van der Waals surface area contributed by atoms with Gasteiger partial charge in [0.05, 0.1) is 11.3 Å². The van der Waals surface area contributed by atoms with E-state index in [4.69, 9.17) is 4.74 Å². The Kier molecular flexibility index (Phi) is 6.57. The topological polar surface area (TPSA) is 72.5 Å². The van der Waals surface area contributed by atoms with Crippen LogP contribution in [0.4, 0.5) is 5.69 Å². The third-order valence-electron chi connectivity index (χ3n) is 5.32. The van der Waals surface area contributed by atoms with Crippen LogP contribution in [0.5, 0.6) is 5.75 Å². The molecule has 31 heavy (non-hydrogen) atoms. The number of nitrogens with one attached hydrogen (secondary N) is 1. The molecule has 0 saturated heterocycles. The van der Waals surface area contributed by atoms with Gasteiger partial charge in [0.1, 0.15) is 5.75 Å². The Hall–Kier alpha value is -3.25. The summed E-state index contributed by atoms with van der Waals surface area (Å²) in [6.07, 6.45) is 4.59. The first kappa shape index (κ1) is 21.0. The van der Waals surface area contributed by atoms with Crippen LogP contribution in [0.1, 0.15) is 56.8 Å². The zero-order valence-corrected chi connectivity index (χ0v) is 17.9. The summed E-state index contributed by atoms with van der Waals surface area (Å²) in [5.74, 6) is -0.306. The molecule has 1 aliphatic carbocycles. The normalized spacial score (nSPS) is 12.6. The van der Waals surface area contributed by atoms with Gasteiger partial charge in [-0.2, -0.15) is 0 Å². The van der Waals surface area contributed by atoms with Gasteiger partial charge in [0, 0.05) is 17.7 Å². The second-order valence-corrected chi connectivity index (χ2v) is 8.49. The summed E-state index contributed by atoms with van der Waals surface area (Å²) in [6.45, 7) is 0. The number of ketones is 1. The monoisotopic (exact) mass is 433 g/mol. The van der Waals surface area contributed by atoms with Gasteiger partial charge in [0.15, 0.2) is 5.78 Å². The highest BCUT2D eigenvalue weighted by Crippen LogP contribution is 2.23. The lowest BCUT2D eigenvalue weighted by Crippen LogP contribution is -2.12. The minimum Gasteiger partial charge on any atom is -0.427 e. The molecule has 0 fully saturated rings. The lowest BCUT2D eigenvalue weighted by molar-refractivity contribution is -0.134. The molecule has 4 rings (SSSR count). The van der Waals surface area contributed by atoms with E-state index in [0.29, 0.717) is 21.9 Å². The van der Waals surface area contributed by atoms with Crippen LogP contribution in [0.2, 0.25) is 0 Å². The molecule has 0 radical (unpaired) electrons. The van der Waals surface area contributed by atoms with Crippen LogP contribution in [0.25, 0.3) is 0 Å². The SMILES string of the molecule is O=C(CCC(=O)c1ccc2c(c1)CCCC2)Oc1ccc(NC(=O)c2cccs2)cc1. The predicted octanol–water partition coefficient (Wildman–Crippen LogP) is 5.45. The minimum absolute atomic E-state index is 0.0206. The molecule has 0 spiro atoms. The van der Waals surface area contributed by atoms with Crippen LogP contribution >= 0.6 is 11.3 Å². The van der Waals surface area contributed by atoms with Crippen LogP contribution in [0.15, 0.2) is 60.0 Å². The van der Waals surface area contributed by atoms with Gasteiger partial charge in [-0.05, 0) is 78.6 Å². The fourth-order valence-electron chi connectivity index (χ4n) is 3.66. The lowest BCUT2D eigenvalue weighted by Gasteiger charge is -2.16. The van der Waals surface area contributed by atoms with Crippen LogP contribution in [0, 0.1) is 0 Å². The maximum absolute atomic E-state index is 12.5. The van der Waals surface area contributed by atoms with Gasteiger partial charge in [0.2, 0.25) is 0 Å². The summed E-state index contributed by atoms with van der Waals surface area (Å²) in [4.78, 5) is 37.3. The van der Waals surface area contributed by atoms with E-state index in [1.165, 1.54) is 28.9 Å². The number of fused-ring (bicyclic) bond motifs is 1. The molecule has 1 N–H and O–H groups in total. The number of carbonyl (C=O) groups excluding carboxylic acids is 3. The van der Waals surface area contributed by atoms with E-state index in [2.05, 4.69) is 5.32 Å². The first-order valence-corrected chi connectivity index (χ1v) is 11.3. The Balaban J connectivity index is 1.26. The van der Waals surface area contributed by atoms with Crippen molar-refractivity contribution in [3.63, 3.8) is 0 Å². The largest absolute Gasteiger partial charge is 0.427 e. The zero-order valence-electron chi connectivity index (χ0n) is 17.1. The van der Waals surface area contributed by atoms with Crippen LogP contribution in [-0.4, -0.2) is 17.7 Å². The van der Waals surface area contributed by atoms with Crippen LogP contribution in [0.3, 0.4) is 0 Å². The molecule has 0 unspecified atom stereocenters. The van der Waals surface area contributed by atoms with Gasteiger partial charge in [0.25, 0.3) is 5.91 Å². The van der Waals surface area contributed by atoms with Crippen molar-refractivity contribution in [1.29, 1.82) is 0 Å². The van der Waals surface area contributed by atoms with Crippen molar-refractivity contribution in [3.05, 3.63) is 81.5 Å². The summed E-state index contributed by atoms with van der Waals surface area (Å²) < 4.78 is 5.32. The molecule has 6 heteroatoms. The van der Waals surface area contributed by atoms with E-state index in [-0.39, 0.29) is 24.5 Å². The quantitative estimate of drug-likeness (QED) is 0.306. The van der Waals surface area contributed by atoms with E-state index in [1.54, 1.807) is 30.3 Å². The van der Waals surface area contributed by atoms with Crippen molar-refractivity contribution >= 4 is 34.7 Å². The van der Waals surface area contributed by atoms with Gasteiger partial charge in [-0.3, -0.25) is 14.4 Å². The highest BCUT2D eigenvalue weighted by molar-refractivity contribution is 7.12. The molecular formula is C25H23NO4S. The molecular weight excluding hydrogens is 410 g/mol. The summed E-state index contributed by atoms with van der Waals surface area (Å²) in [5, 5.41) is 4.63. The van der Waals surface area contributed by atoms with E-state index in [0.717, 1.165) is 19.3 Å². The molecule has 1 aromatic heterocycles. The van der Waals surface area contributed by atoms with E-state index >= 15 is 0 Å². The molecule has 3 aromatic rings. The number of rotatable bonds is 7. The average Bonchev–Trinajstić information content (AvgIpc) is 3.34. The minimum atomic E-state index is -0.457. The third-order valence-corrected chi connectivity index (χ3v) is 6.18. The zero-order chi connectivity index (χ0) is 21.6. The number of hydrogen-bond acceptors (Lipinski definition) is 5. The highest BCUT2D eigenvalue weighted by atomic mass is 32.1. The van der Waals surface area contributed by atoms with Gasteiger partial charge < -0.3 is 10.1 Å². The maximum atomic E-state index is 12.5. The molecule has 158 valence electrons. The Morgan fingerprint density at radius 1 is 0.903 bits per heavy atom. The number of carbonyl (C=O) groups is 3. The maximum Gasteiger partial charge on any atom is 0.311 e. The number of thiophene rings is 1. The number of benzene rings is 2. The van der Waals surface area contributed by atoms with E-state index < -0.39 is 5.97 Å². The number of anilines is 1. The number of amides is 1. The summed E-state index contributed by atoms with van der Waals surface area (Å²) in [6, 6.07) is 16.0. The first-order chi connectivity index (χ1) is 15.1.